The molecule has 0 saturated heterocycles. The van der Waals surface area contributed by atoms with E-state index in [9.17, 15) is 4.79 Å². The van der Waals surface area contributed by atoms with E-state index in [1.807, 2.05) is 19.1 Å². The van der Waals surface area contributed by atoms with E-state index < -0.39 is 5.60 Å². The van der Waals surface area contributed by atoms with Crippen molar-refractivity contribution in [2.24, 2.45) is 0 Å². The number of nitrogens with two attached hydrogens (primary N) is 2. The Balaban J connectivity index is 2.03. The number of fused-ring (bicyclic) bond motifs is 2. The van der Waals surface area contributed by atoms with E-state index in [0.29, 0.717) is 33.1 Å². The monoisotopic (exact) mass is 368 g/mol. The number of anilines is 2. The summed E-state index contributed by atoms with van der Waals surface area (Å²) in [6.45, 7) is 5.41. The third-order valence-corrected chi connectivity index (χ3v) is 4.88. The van der Waals surface area contributed by atoms with Crippen LogP contribution in [0.3, 0.4) is 0 Å². The average molecular weight is 369 g/mol. The van der Waals surface area contributed by atoms with Gasteiger partial charge in [0.15, 0.2) is 5.60 Å². The molecular formula is C19H17ClN4O2. The van der Waals surface area contributed by atoms with Crippen molar-refractivity contribution in [2.75, 3.05) is 11.5 Å². The number of hydrogen-bond acceptors (Lipinski definition) is 6. The lowest BCUT2D eigenvalue weighted by atomic mass is 9.93. The summed E-state index contributed by atoms with van der Waals surface area (Å²) in [5.74, 6) is 0.872. The number of carbonyl (C=O) groups excluding carboxylic acids is 1. The molecule has 0 unspecified atom stereocenters. The van der Waals surface area contributed by atoms with Gasteiger partial charge in [-0.15, -0.1) is 0 Å². The fourth-order valence-electron chi connectivity index (χ4n) is 3.43. The molecule has 0 bridgehead atoms. The van der Waals surface area contributed by atoms with Crippen LogP contribution in [0.25, 0.3) is 22.0 Å². The van der Waals surface area contributed by atoms with Gasteiger partial charge in [0.25, 0.3) is 0 Å². The number of nitrogens with zero attached hydrogens (tertiary/aromatic N) is 2. The molecule has 1 aromatic heterocycles. The maximum absolute atomic E-state index is 12.6. The highest BCUT2D eigenvalue weighted by Gasteiger charge is 2.41. The molecule has 0 saturated carbocycles. The number of aromatic nitrogens is 2. The second kappa shape index (κ2) is 5.32. The van der Waals surface area contributed by atoms with Crippen LogP contribution in [0.5, 0.6) is 5.75 Å². The second-order valence-corrected chi connectivity index (χ2v) is 7.31. The number of nitrogen functional groups attached to an aromatic ring is 2. The van der Waals surface area contributed by atoms with E-state index >= 15 is 0 Å². The number of benzene rings is 2. The molecule has 0 atom stereocenters. The Hall–Kier alpha value is -2.86. The zero-order valence-corrected chi connectivity index (χ0v) is 15.3. The molecular weight excluding hydrogens is 352 g/mol. The van der Waals surface area contributed by atoms with Crippen LogP contribution in [0.1, 0.15) is 29.8 Å². The first-order valence-electron chi connectivity index (χ1n) is 8.09. The fourth-order valence-corrected chi connectivity index (χ4v) is 3.65. The molecule has 1 aliphatic rings. The highest BCUT2D eigenvalue weighted by Crippen LogP contribution is 2.45. The van der Waals surface area contributed by atoms with Gasteiger partial charge in [0, 0.05) is 16.0 Å². The lowest BCUT2D eigenvalue weighted by Crippen LogP contribution is -2.31. The van der Waals surface area contributed by atoms with Gasteiger partial charge in [-0.3, -0.25) is 4.79 Å². The Morgan fingerprint density at radius 2 is 1.77 bits per heavy atom. The van der Waals surface area contributed by atoms with Crippen LogP contribution in [0.2, 0.25) is 5.02 Å². The van der Waals surface area contributed by atoms with Gasteiger partial charge >= 0.3 is 0 Å². The molecule has 0 fully saturated rings. The molecule has 3 aromatic rings. The molecule has 0 amide bonds. The van der Waals surface area contributed by atoms with Gasteiger partial charge in [-0.25, -0.2) is 4.98 Å². The summed E-state index contributed by atoms with van der Waals surface area (Å²) in [4.78, 5) is 20.9. The van der Waals surface area contributed by atoms with Gasteiger partial charge in [-0.2, -0.15) is 4.98 Å². The second-order valence-electron chi connectivity index (χ2n) is 6.87. The number of rotatable bonds is 1. The summed E-state index contributed by atoms with van der Waals surface area (Å²) in [6.07, 6.45) is 0. The normalized spacial score (nSPS) is 15.2. The number of ketones is 1. The van der Waals surface area contributed by atoms with Crippen LogP contribution in [-0.4, -0.2) is 21.4 Å². The Labute approximate surface area is 155 Å². The molecule has 2 heterocycles. The van der Waals surface area contributed by atoms with E-state index in [-0.39, 0.29) is 11.7 Å². The quantitative estimate of drug-likeness (QED) is 0.677. The van der Waals surface area contributed by atoms with Crippen molar-refractivity contribution in [1.82, 2.24) is 9.97 Å². The topological polar surface area (TPSA) is 104 Å². The highest BCUT2D eigenvalue weighted by molar-refractivity contribution is 6.31. The van der Waals surface area contributed by atoms with Gasteiger partial charge in [0.1, 0.15) is 11.6 Å². The van der Waals surface area contributed by atoms with Crippen molar-refractivity contribution >= 4 is 40.1 Å². The van der Waals surface area contributed by atoms with Crippen molar-refractivity contribution < 1.29 is 9.53 Å². The summed E-state index contributed by atoms with van der Waals surface area (Å²) in [5.41, 5.74) is 14.4. The molecule has 132 valence electrons. The Morgan fingerprint density at radius 1 is 1.08 bits per heavy atom. The Morgan fingerprint density at radius 3 is 2.50 bits per heavy atom. The number of ether oxygens (including phenoxy) is 1. The van der Waals surface area contributed by atoms with Crippen molar-refractivity contribution in [3.05, 3.63) is 40.4 Å². The van der Waals surface area contributed by atoms with Crippen LogP contribution >= 0.6 is 11.6 Å². The third-order valence-electron chi connectivity index (χ3n) is 4.66. The first-order chi connectivity index (χ1) is 12.2. The SMILES string of the molecule is Cc1c(-c2cc(Cl)cc3c2OC(C)(C)C3=O)ccc2nc(N)nc(N)c12. The summed E-state index contributed by atoms with van der Waals surface area (Å²) < 4.78 is 5.97. The summed E-state index contributed by atoms with van der Waals surface area (Å²) in [5, 5.41) is 1.18. The molecule has 0 radical (unpaired) electrons. The molecule has 0 aliphatic carbocycles. The molecule has 7 heteroatoms. The van der Waals surface area contributed by atoms with E-state index in [4.69, 9.17) is 27.8 Å². The summed E-state index contributed by atoms with van der Waals surface area (Å²) in [6, 6.07) is 7.15. The fraction of sp³-hybridized carbons (Fsp3) is 0.211. The molecule has 0 spiro atoms. The van der Waals surface area contributed by atoms with Crippen molar-refractivity contribution in [3.63, 3.8) is 0 Å². The van der Waals surface area contributed by atoms with Gasteiger partial charge in [0.05, 0.1) is 11.1 Å². The number of carbonyl (C=O) groups is 1. The predicted molar refractivity (Wildman–Crippen MR) is 103 cm³/mol. The Kier molecular flexibility index (Phi) is 3.39. The molecule has 6 nitrogen and oxygen atoms in total. The standard InChI is InChI=1S/C19H17ClN4O2/c1-8-10(4-5-13-14(8)17(21)24-18(22)23-13)11-6-9(20)7-12-15(11)26-19(2,3)16(12)25/h4-7H,1-3H3,(H4,21,22,23,24). The van der Waals surface area contributed by atoms with E-state index in [1.165, 1.54) is 0 Å². The van der Waals surface area contributed by atoms with E-state index in [2.05, 4.69) is 9.97 Å². The molecule has 4 N–H and O–H groups in total. The van der Waals surface area contributed by atoms with Gasteiger partial charge in [-0.1, -0.05) is 17.7 Å². The van der Waals surface area contributed by atoms with E-state index in [0.717, 1.165) is 16.7 Å². The zero-order valence-electron chi connectivity index (χ0n) is 14.6. The molecule has 26 heavy (non-hydrogen) atoms. The van der Waals surface area contributed by atoms with E-state index in [1.54, 1.807) is 26.0 Å². The lowest BCUT2D eigenvalue weighted by Gasteiger charge is -2.18. The van der Waals surface area contributed by atoms with Crippen molar-refractivity contribution in [3.8, 4) is 16.9 Å². The van der Waals surface area contributed by atoms with Gasteiger partial charge < -0.3 is 16.2 Å². The Bertz CT molecular complexity index is 1110. The van der Waals surface area contributed by atoms with Crippen LogP contribution < -0.4 is 16.2 Å². The number of halogens is 1. The van der Waals surface area contributed by atoms with Crippen LogP contribution in [0.15, 0.2) is 24.3 Å². The highest BCUT2D eigenvalue weighted by atomic mass is 35.5. The maximum Gasteiger partial charge on any atom is 0.222 e. The molecule has 2 aromatic carbocycles. The van der Waals surface area contributed by atoms with Crippen molar-refractivity contribution in [2.45, 2.75) is 26.4 Å². The largest absolute Gasteiger partial charge is 0.478 e. The van der Waals surface area contributed by atoms with Crippen LogP contribution in [0.4, 0.5) is 11.8 Å². The molecule has 1 aliphatic heterocycles. The zero-order chi connectivity index (χ0) is 18.8. The minimum absolute atomic E-state index is 0.0923. The first-order valence-corrected chi connectivity index (χ1v) is 8.47. The number of Topliss-reactive ketones (excluding diaryl/α,β-unsaturated/α-hetero) is 1. The average Bonchev–Trinajstić information content (AvgIpc) is 2.77. The smallest absolute Gasteiger partial charge is 0.222 e. The van der Waals surface area contributed by atoms with Crippen molar-refractivity contribution in [1.29, 1.82) is 0 Å². The number of aryl methyl sites for hydroxylation is 1. The summed E-state index contributed by atoms with van der Waals surface area (Å²) in [7, 11) is 0. The number of hydrogen-bond donors (Lipinski definition) is 2. The van der Waals surface area contributed by atoms with Gasteiger partial charge in [0.2, 0.25) is 11.7 Å². The minimum Gasteiger partial charge on any atom is -0.478 e. The minimum atomic E-state index is -0.927. The third kappa shape index (κ3) is 2.29. The lowest BCUT2D eigenvalue weighted by molar-refractivity contribution is 0.0685. The van der Waals surface area contributed by atoms with Gasteiger partial charge in [-0.05, 0) is 50.1 Å². The summed E-state index contributed by atoms with van der Waals surface area (Å²) >= 11 is 6.29. The van der Waals surface area contributed by atoms with Crippen LogP contribution in [-0.2, 0) is 0 Å². The predicted octanol–water partition coefficient (Wildman–Crippen LogP) is 3.78. The molecule has 4 rings (SSSR count). The maximum atomic E-state index is 12.6. The van der Waals surface area contributed by atoms with Crippen LogP contribution in [0, 0.1) is 6.92 Å². The first kappa shape index (κ1) is 16.6.